The third-order valence-corrected chi connectivity index (χ3v) is 4.31. The molecule has 0 radical (unpaired) electrons. The molecule has 0 aromatic carbocycles. The van der Waals surface area contributed by atoms with Crippen molar-refractivity contribution in [1.82, 2.24) is 10.3 Å². The van der Waals surface area contributed by atoms with Crippen LogP contribution in [-0.4, -0.2) is 42.0 Å². The second-order valence-corrected chi connectivity index (χ2v) is 6.13. The molecular weight excluding hydrogens is 248 g/mol. The van der Waals surface area contributed by atoms with E-state index in [0.29, 0.717) is 6.42 Å². The number of rotatable bonds is 4. The molecule has 0 saturated carbocycles. The molecule has 2 rings (SSSR count). The summed E-state index contributed by atoms with van der Waals surface area (Å²) in [5.74, 6) is -0.851. The first-order valence-electron chi connectivity index (χ1n) is 5.08. The van der Waals surface area contributed by atoms with Crippen LogP contribution in [0, 0.1) is 0 Å². The van der Waals surface area contributed by atoms with E-state index < -0.39 is 15.8 Å². The summed E-state index contributed by atoms with van der Waals surface area (Å²) in [4.78, 5) is 14.3. The lowest BCUT2D eigenvalue weighted by atomic mass is 10.3. The molecule has 0 spiro atoms. The number of nitrogens with one attached hydrogen (secondary N) is 1. The Hall–Kier alpha value is -1.41. The van der Waals surface area contributed by atoms with E-state index in [2.05, 4.69) is 10.3 Å². The molecule has 2 heterocycles. The Kier molecular flexibility index (Phi) is 3.16. The number of hydrogen-bond acceptors (Lipinski definition) is 6. The largest absolute Gasteiger partial charge is 0.475 e. The summed E-state index contributed by atoms with van der Waals surface area (Å²) in [6, 6.07) is -0.111. The Balaban J connectivity index is 1.88. The highest BCUT2D eigenvalue weighted by molar-refractivity contribution is 7.91. The third kappa shape index (κ3) is 3.04. The molecule has 1 fully saturated rings. The van der Waals surface area contributed by atoms with Gasteiger partial charge >= 0.3 is 5.97 Å². The molecule has 0 aliphatic carbocycles. The molecule has 1 aromatic rings. The summed E-state index contributed by atoms with van der Waals surface area (Å²) in [6.45, 7) is 0.230. The number of aromatic nitrogens is 1. The smallest absolute Gasteiger partial charge is 0.373 e. The van der Waals surface area contributed by atoms with Crippen LogP contribution in [0.15, 0.2) is 10.6 Å². The predicted octanol–water partition coefficient (Wildman–Crippen LogP) is -0.350. The van der Waals surface area contributed by atoms with Crippen molar-refractivity contribution in [2.45, 2.75) is 19.0 Å². The molecule has 1 atom stereocenters. The van der Waals surface area contributed by atoms with Gasteiger partial charge in [-0.05, 0) is 6.42 Å². The van der Waals surface area contributed by atoms with Crippen LogP contribution in [-0.2, 0) is 16.4 Å². The highest BCUT2D eigenvalue weighted by Gasteiger charge is 2.27. The maximum atomic E-state index is 11.2. The van der Waals surface area contributed by atoms with E-state index in [4.69, 9.17) is 9.52 Å². The third-order valence-electron chi connectivity index (χ3n) is 2.54. The number of carbonyl (C=O) groups is 1. The van der Waals surface area contributed by atoms with Gasteiger partial charge in [-0.3, -0.25) is 0 Å². The SMILES string of the molecule is O=C(O)c1cnc(CNC2CCS(=O)(=O)C2)o1. The van der Waals surface area contributed by atoms with Crippen molar-refractivity contribution in [3.05, 3.63) is 17.8 Å². The fourth-order valence-electron chi connectivity index (χ4n) is 1.68. The zero-order chi connectivity index (χ0) is 12.5. The number of carboxylic acids is 1. The highest BCUT2D eigenvalue weighted by Crippen LogP contribution is 2.12. The summed E-state index contributed by atoms with van der Waals surface area (Å²) in [6.07, 6.45) is 1.69. The maximum absolute atomic E-state index is 11.2. The monoisotopic (exact) mass is 260 g/mol. The average Bonchev–Trinajstić information content (AvgIpc) is 2.81. The van der Waals surface area contributed by atoms with Crippen LogP contribution in [0.2, 0.25) is 0 Å². The fourth-order valence-corrected chi connectivity index (χ4v) is 3.39. The van der Waals surface area contributed by atoms with Crippen molar-refractivity contribution < 1.29 is 22.7 Å². The Labute approximate surface area is 97.8 Å². The van der Waals surface area contributed by atoms with Gasteiger partial charge < -0.3 is 14.8 Å². The van der Waals surface area contributed by atoms with Crippen LogP contribution >= 0.6 is 0 Å². The van der Waals surface area contributed by atoms with Gasteiger partial charge in [0.15, 0.2) is 9.84 Å². The zero-order valence-corrected chi connectivity index (χ0v) is 9.74. The van der Waals surface area contributed by atoms with Gasteiger partial charge in [0.2, 0.25) is 11.7 Å². The summed E-state index contributed by atoms with van der Waals surface area (Å²) >= 11 is 0. The number of oxazole rings is 1. The van der Waals surface area contributed by atoms with E-state index in [1.165, 1.54) is 0 Å². The lowest BCUT2D eigenvalue weighted by Crippen LogP contribution is -2.29. The Morgan fingerprint density at radius 2 is 2.41 bits per heavy atom. The van der Waals surface area contributed by atoms with Crippen molar-refractivity contribution >= 4 is 15.8 Å². The summed E-state index contributed by atoms with van der Waals surface area (Å²) in [5, 5.41) is 11.6. The summed E-state index contributed by atoms with van der Waals surface area (Å²) < 4.78 is 27.3. The van der Waals surface area contributed by atoms with E-state index in [9.17, 15) is 13.2 Å². The fraction of sp³-hybridized carbons (Fsp3) is 0.556. The van der Waals surface area contributed by atoms with Crippen molar-refractivity contribution in [2.75, 3.05) is 11.5 Å². The van der Waals surface area contributed by atoms with E-state index >= 15 is 0 Å². The van der Waals surface area contributed by atoms with Crippen LogP contribution in [0.3, 0.4) is 0 Å². The summed E-state index contributed by atoms with van der Waals surface area (Å²) in [5.41, 5.74) is 0. The van der Waals surface area contributed by atoms with Crippen LogP contribution in [0.25, 0.3) is 0 Å². The number of nitrogens with zero attached hydrogens (tertiary/aromatic N) is 1. The Morgan fingerprint density at radius 1 is 1.65 bits per heavy atom. The second-order valence-electron chi connectivity index (χ2n) is 3.90. The molecule has 1 saturated heterocycles. The zero-order valence-electron chi connectivity index (χ0n) is 8.92. The number of carboxylic acid groups (broad SMARTS) is 1. The first-order chi connectivity index (χ1) is 7.96. The molecular formula is C9H12N2O5S. The molecule has 8 heteroatoms. The second kappa shape index (κ2) is 4.46. The normalized spacial score (nSPS) is 22.7. The van der Waals surface area contributed by atoms with Crippen LogP contribution < -0.4 is 5.32 Å². The first kappa shape index (κ1) is 12.1. The maximum Gasteiger partial charge on any atom is 0.373 e. The van der Waals surface area contributed by atoms with Gasteiger partial charge in [0.05, 0.1) is 24.2 Å². The lowest BCUT2D eigenvalue weighted by molar-refractivity contribution is 0.0660. The highest BCUT2D eigenvalue weighted by atomic mass is 32.2. The average molecular weight is 260 g/mol. The molecule has 1 aromatic heterocycles. The molecule has 0 amide bonds. The van der Waals surface area contributed by atoms with E-state index in [0.717, 1.165) is 6.20 Å². The van der Waals surface area contributed by atoms with Gasteiger partial charge in [-0.1, -0.05) is 0 Å². The minimum absolute atomic E-state index is 0.111. The molecule has 7 nitrogen and oxygen atoms in total. The molecule has 0 bridgehead atoms. The van der Waals surface area contributed by atoms with Crippen molar-refractivity contribution in [2.24, 2.45) is 0 Å². The van der Waals surface area contributed by atoms with Crippen LogP contribution in [0.1, 0.15) is 22.9 Å². The van der Waals surface area contributed by atoms with Crippen LogP contribution in [0.4, 0.5) is 0 Å². The quantitative estimate of drug-likeness (QED) is 0.761. The molecule has 94 valence electrons. The first-order valence-corrected chi connectivity index (χ1v) is 6.90. The van der Waals surface area contributed by atoms with Crippen molar-refractivity contribution in [1.29, 1.82) is 0 Å². The molecule has 1 unspecified atom stereocenters. The molecule has 1 aliphatic heterocycles. The van der Waals surface area contributed by atoms with Crippen molar-refractivity contribution in [3.8, 4) is 0 Å². The van der Waals surface area contributed by atoms with Gasteiger partial charge in [-0.15, -0.1) is 0 Å². The van der Waals surface area contributed by atoms with E-state index in [1.54, 1.807) is 0 Å². The van der Waals surface area contributed by atoms with Gasteiger partial charge in [0, 0.05) is 6.04 Å². The predicted molar refractivity (Wildman–Crippen MR) is 57.4 cm³/mol. The minimum atomic E-state index is -2.92. The van der Waals surface area contributed by atoms with Crippen LogP contribution in [0.5, 0.6) is 0 Å². The molecule has 2 N–H and O–H groups in total. The number of sulfone groups is 1. The Bertz CT molecular complexity index is 521. The minimum Gasteiger partial charge on any atom is -0.475 e. The van der Waals surface area contributed by atoms with Gasteiger partial charge in [-0.25, -0.2) is 18.2 Å². The molecule has 1 aliphatic rings. The number of aromatic carboxylic acids is 1. The van der Waals surface area contributed by atoms with Crippen molar-refractivity contribution in [3.63, 3.8) is 0 Å². The summed E-state index contributed by atoms with van der Waals surface area (Å²) in [7, 11) is -2.92. The van der Waals surface area contributed by atoms with Gasteiger partial charge in [0.25, 0.3) is 0 Å². The van der Waals surface area contributed by atoms with E-state index in [1.807, 2.05) is 0 Å². The standard InChI is InChI=1S/C9H12N2O5S/c12-9(13)7-3-11-8(16-7)4-10-6-1-2-17(14,15)5-6/h3,6,10H,1-2,4-5H2,(H,12,13). The lowest BCUT2D eigenvalue weighted by Gasteiger charge is -2.07. The van der Waals surface area contributed by atoms with Gasteiger partial charge in [-0.2, -0.15) is 0 Å². The Morgan fingerprint density at radius 3 is 2.94 bits per heavy atom. The topological polar surface area (TPSA) is 109 Å². The number of hydrogen-bond donors (Lipinski definition) is 2. The van der Waals surface area contributed by atoms with E-state index in [-0.39, 0.29) is 35.7 Å². The molecule has 17 heavy (non-hydrogen) atoms. The van der Waals surface area contributed by atoms with Gasteiger partial charge in [0.1, 0.15) is 0 Å².